The summed E-state index contributed by atoms with van der Waals surface area (Å²) in [5.41, 5.74) is -3.43. The Morgan fingerprint density at radius 3 is 1.48 bits per heavy atom. The average molecular weight is 668 g/mol. The molecule has 15 heteroatoms. The Hall–Kier alpha value is -2.91. The van der Waals surface area contributed by atoms with Crippen molar-refractivity contribution >= 4 is 29.7 Å². The summed E-state index contributed by atoms with van der Waals surface area (Å²) < 4.78 is 52.1. The van der Waals surface area contributed by atoms with E-state index in [2.05, 4.69) is 16.0 Å². The maximum Gasteiger partial charge on any atom is 0.408 e. The van der Waals surface area contributed by atoms with E-state index in [0.29, 0.717) is 0 Å². The first-order chi connectivity index (χ1) is 20.3. The molecule has 0 aliphatic carbocycles. The van der Waals surface area contributed by atoms with Gasteiger partial charge in [-0.25, -0.2) is 4.79 Å². The van der Waals surface area contributed by atoms with Gasteiger partial charge in [0, 0.05) is 0 Å². The van der Waals surface area contributed by atoms with Crippen molar-refractivity contribution in [1.29, 1.82) is 0 Å². The Kier molecular flexibility index (Phi) is 15.2. The van der Waals surface area contributed by atoms with Crippen LogP contribution < -0.4 is 16.0 Å². The number of carboxylic acid groups (broad SMARTS) is 1. The Labute approximate surface area is 271 Å². The molecular formula is C31H55F2N3O10. The monoisotopic (exact) mass is 667 g/mol. The molecule has 3 amide bonds. The van der Waals surface area contributed by atoms with Crippen molar-refractivity contribution in [2.45, 2.75) is 162 Å². The third-order valence-electron chi connectivity index (χ3n) is 5.60. The second kappa shape index (κ2) is 16.3. The van der Waals surface area contributed by atoms with Gasteiger partial charge in [-0.3, -0.25) is 19.2 Å². The molecule has 0 fully saturated rings. The van der Waals surface area contributed by atoms with Crippen LogP contribution in [0.2, 0.25) is 0 Å². The van der Waals surface area contributed by atoms with Crippen molar-refractivity contribution < 1.29 is 56.8 Å². The molecule has 0 aromatic heterocycles. The molecule has 0 saturated carbocycles. The van der Waals surface area contributed by atoms with Crippen LogP contribution in [0.1, 0.15) is 103 Å². The third kappa shape index (κ3) is 17.7. The average Bonchev–Trinajstić information content (AvgIpc) is 2.77. The van der Waals surface area contributed by atoms with Gasteiger partial charge >= 0.3 is 18.0 Å². The van der Waals surface area contributed by atoms with Crippen molar-refractivity contribution in [3.8, 4) is 0 Å². The van der Waals surface area contributed by atoms with E-state index in [9.17, 15) is 32.8 Å². The van der Waals surface area contributed by atoms with E-state index >= 15 is 0 Å². The lowest BCUT2D eigenvalue weighted by Gasteiger charge is -2.35. The number of hydrogen-bond donors (Lipinski definition) is 4. The van der Waals surface area contributed by atoms with Gasteiger partial charge in [0.25, 0.3) is 0 Å². The molecule has 0 bridgehead atoms. The van der Waals surface area contributed by atoms with Crippen LogP contribution in [0.5, 0.6) is 0 Å². The molecule has 5 atom stereocenters. The number of ketones is 1. The fourth-order valence-electron chi connectivity index (χ4n) is 4.01. The first-order valence-corrected chi connectivity index (χ1v) is 15.1. The van der Waals surface area contributed by atoms with Crippen LogP contribution in [0.25, 0.3) is 0 Å². The topological polar surface area (TPSA) is 179 Å². The molecule has 0 radical (unpaired) electrons. The number of rotatable bonds is 15. The van der Waals surface area contributed by atoms with E-state index in [1.54, 1.807) is 83.1 Å². The number of halogens is 2. The highest BCUT2D eigenvalue weighted by molar-refractivity contribution is 5.98. The van der Waals surface area contributed by atoms with Gasteiger partial charge in [0.05, 0.1) is 35.6 Å². The lowest BCUT2D eigenvalue weighted by Crippen LogP contribution is -2.63. The third-order valence-corrected chi connectivity index (χ3v) is 5.60. The maximum atomic E-state index is 14.8. The van der Waals surface area contributed by atoms with Gasteiger partial charge in [-0.15, -0.1) is 0 Å². The number of carbonyl (C=O) groups is 5. The van der Waals surface area contributed by atoms with E-state index in [0.717, 1.165) is 0 Å². The largest absolute Gasteiger partial charge is 0.481 e. The number of alkyl halides is 2. The van der Waals surface area contributed by atoms with Gasteiger partial charge in [-0.1, -0.05) is 0 Å². The number of carbonyl (C=O) groups excluding carboxylic acids is 4. The molecule has 0 aliphatic rings. The number of Topliss-reactive ketones (excluding diaryl/α,β-unsaturated/α-hetero) is 1. The maximum absolute atomic E-state index is 14.8. The van der Waals surface area contributed by atoms with Crippen LogP contribution in [0.3, 0.4) is 0 Å². The summed E-state index contributed by atoms with van der Waals surface area (Å²) in [4.78, 5) is 64.1. The molecule has 0 saturated heterocycles. The number of aliphatic carboxylic acids is 1. The summed E-state index contributed by atoms with van der Waals surface area (Å²) in [7, 11) is 0. The minimum absolute atomic E-state index is 0.337. The Balaban J connectivity index is 6.64. The second-order valence-corrected chi connectivity index (χ2v) is 15.1. The number of nitrogens with one attached hydrogen (secondary N) is 3. The van der Waals surface area contributed by atoms with Gasteiger partial charge < -0.3 is 40.0 Å². The van der Waals surface area contributed by atoms with Crippen molar-refractivity contribution in [1.82, 2.24) is 16.0 Å². The zero-order chi connectivity index (χ0) is 36.6. The van der Waals surface area contributed by atoms with Crippen LogP contribution in [-0.4, -0.2) is 100 Å². The molecule has 0 aliphatic heterocycles. The van der Waals surface area contributed by atoms with Crippen molar-refractivity contribution in [2.24, 2.45) is 0 Å². The lowest BCUT2D eigenvalue weighted by atomic mass is 9.98. The Morgan fingerprint density at radius 2 is 1.09 bits per heavy atom. The zero-order valence-electron chi connectivity index (χ0n) is 29.7. The van der Waals surface area contributed by atoms with Gasteiger partial charge in [0.1, 0.15) is 30.1 Å². The standard InChI is InChI=1S/C31H55F2N3O10/c1-17(44-28(6,7)8)21(23(39)31(32,33)15-20(37)38)35-25(41)22(18(2)45-29(9,10)11)36-24(40)19(16-43-27(3,4)5)34-26(42)46-30(12,13)14/h17-19,21-22H,15-16H2,1-14H3,(H,34,42)(H,35,41)(H,36,40)(H,37,38)/t17?,18-,19+,21?,22+/m1/s1. The summed E-state index contributed by atoms with van der Waals surface area (Å²) in [6, 6.07) is -5.01. The molecule has 4 N–H and O–H groups in total. The van der Waals surface area contributed by atoms with Gasteiger partial charge in [0.2, 0.25) is 17.6 Å². The minimum Gasteiger partial charge on any atom is -0.481 e. The highest BCUT2D eigenvalue weighted by Crippen LogP contribution is 2.25. The molecule has 0 aromatic rings. The van der Waals surface area contributed by atoms with Crippen LogP contribution in [-0.2, 0) is 38.1 Å². The van der Waals surface area contributed by atoms with E-state index in [1.807, 2.05) is 0 Å². The SMILES string of the molecule is CC(OC(C)(C)C)C(NC(=O)[C@@H](NC(=O)[C@H](COC(C)(C)C)NC(=O)OC(C)(C)C)[C@@H](C)OC(C)(C)C)C(=O)C(F)(F)CC(=O)O. The summed E-state index contributed by atoms with van der Waals surface area (Å²) in [5.74, 6) is -10.2. The van der Waals surface area contributed by atoms with E-state index in [4.69, 9.17) is 24.1 Å². The summed E-state index contributed by atoms with van der Waals surface area (Å²) >= 11 is 0. The summed E-state index contributed by atoms with van der Waals surface area (Å²) in [5, 5.41) is 16.1. The van der Waals surface area contributed by atoms with Gasteiger partial charge in [-0.2, -0.15) is 8.78 Å². The first-order valence-electron chi connectivity index (χ1n) is 15.1. The van der Waals surface area contributed by atoms with Crippen molar-refractivity contribution in [3.63, 3.8) is 0 Å². The molecule has 0 spiro atoms. The molecule has 2 unspecified atom stereocenters. The molecule has 46 heavy (non-hydrogen) atoms. The first kappa shape index (κ1) is 43.1. The Morgan fingerprint density at radius 1 is 0.652 bits per heavy atom. The van der Waals surface area contributed by atoms with Crippen LogP contribution in [0.4, 0.5) is 13.6 Å². The van der Waals surface area contributed by atoms with Gasteiger partial charge in [0.15, 0.2) is 0 Å². The molecule has 268 valence electrons. The van der Waals surface area contributed by atoms with Crippen LogP contribution in [0.15, 0.2) is 0 Å². The summed E-state index contributed by atoms with van der Waals surface area (Å²) in [6.45, 7) is 22.3. The highest BCUT2D eigenvalue weighted by Gasteiger charge is 2.48. The van der Waals surface area contributed by atoms with E-state index in [1.165, 1.54) is 13.8 Å². The molecule has 13 nitrogen and oxygen atoms in total. The van der Waals surface area contributed by atoms with Crippen molar-refractivity contribution in [2.75, 3.05) is 6.61 Å². The Bertz CT molecular complexity index is 1070. The molecule has 0 heterocycles. The predicted molar refractivity (Wildman–Crippen MR) is 166 cm³/mol. The van der Waals surface area contributed by atoms with E-state index < -0.39 is 94.7 Å². The lowest BCUT2D eigenvalue weighted by molar-refractivity contribution is -0.163. The normalized spacial score (nSPS) is 16.3. The molecule has 0 aromatic carbocycles. The number of amides is 3. The fraction of sp³-hybridized carbons (Fsp3) is 0.839. The number of ether oxygens (including phenoxy) is 4. The second-order valence-electron chi connectivity index (χ2n) is 15.1. The molecular weight excluding hydrogens is 612 g/mol. The number of alkyl carbamates (subject to hydrolysis) is 1. The quantitative estimate of drug-likeness (QED) is 0.201. The number of hydrogen-bond acceptors (Lipinski definition) is 9. The number of carboxylic acids is 1. The molecule has 0 rings (SSSR count). The smallest absolute Gasteiger partial charge is 0.408 e. The van der Waals surface area contributed by atoms with Crippen molar-refractivity contribution in [3.05, 3.63) is 0 Å². The summed E-state index contributed by atoms with van der Waals surface area (Å²) in [6.07, 6.45) is -5.21. The van der Waals surface area contributed by atoms with E-state index in [-0.39, 0.29) is 6.61 Å². The van der Waals surface area contributed by atoms with Gasteiger partial charge in [-0.05, 0) is 96.9 Å². The predicted octanol–water partition coefficient (Wildman–Crippen LogP) is 3.75. The fourth-order valence-corrected chi connectivity index (χ4v) is 4.01. The van der Waals surface area contributed by atoms with Crippen LogP contribution in [0, 0.1) is 0 Å². The highest BCUT2D eigenvalue weighted by atomic mass is 19.3. The minimum atomic E-state index is -4.36. The van der Waals surface area contributed by atoms with Crippen LogP contribution >= 0.6 is 0 Å². The zero-order valence-corrected chi connectivity index (χ0v) is 29.7.